The zero-order valence-electron chi connectivity index (χ0n) is 11.8. The number of nitrogens with zero attached hydrogens (tertiary/aromatic N) is 3. The van der Waals surface area contributed by atoms with Crippen molar-refractivity contribution < 1.29 is 14.3 Å². The Labute approximate surface area is 117 Å². The van der Waals surface area contributed by atoms with E-state index in [1.807, 2.05) is 6.92 Å². The number of nitrogens with one attached hydrogen (secondary N) is 2. The molecule has 4 N–H and O–H groups in total. The quantitative estimate of drug-likeness (QED) is 0.351. The van der Waals surface area contributed by atoms with Crippen LogP contribution >= 0.6 is 0 Å². The van der Waals surface area contributed by atoms with Crippen molar-refractivity contribution in [1.29, 1.82) is 0 Å². The van der Waals surface area contributed by atoms with E-state index in [1.54, 1.807) is 13.8 Å². The molecule has 0 aliphatic heterocycles. The van der Waals surface area contributed by atoms with Gasteiger partial charge in [0.1, 0.15) is 6.04 Å². The first-order chi connectivity index (χ1) is 9.60. The summed E-state index contributed by atoms with van der Waals surface area (Å²) < 4.78 is 10.2. The van der Waals surface area contributed by atoms with Gasteiger partial charge in [0.25, 0.3) is 0 Å². The maximum atomic E-state index is 11.5. The maximum Gasteiger partial charge on any atom is 0.328 e. The summed E-state index contributed by atoms with van der Waals surface area (Å²) in [5.41, 5.74) is 2.31. The zero-order chi connectivity index (χ0) is 15.0. The summed E-state index contributed by atoms with van der Waals surface area (Å²) in [5.74, 6) is 5.20. The summed E-state index contributed by atoms with van der Waals surface area (Å²) in [4.78, 5) is 23.5. The molecule has 0 saturated carbocycles. The number of anilines is 2. The molecule has 0 saturated heterocycles. The van der Waals surface area contributed by atoms with E-state index in [2.05, 4.69) is 25.7 Å². The molecule has 1 unspecified atom stereocenters. The number of aromatic nitrogens is 3. The van der Waals surface area contributed by atoms with E-state index in [0.717, 1.165) is 6.42 Å². The zero-order valence-corrected chi connectivity index (χ0v) is 11.8. The number of esters is 1. The Kier molecular flexibility index (Phi) is 6.44. The molecule has 0 aliphatic rings. The lowest BCUT2D eigenvalue weighted by Crippen LogP contribution is -2.29. The summed E-state index contributed by atoms with van der Waals surface area (Å²) in [5, 5.41) is 2.81. The van der Waals surface area contributed by atoms with Gasteiger partial charge in [0.15, 0.2) is 0 Å². The highest BCUT2D eigenvalue weighted by molar-refractivity contribution is 5.78. The normalized spacial score (nSPS) is 11.6. The smallest absolute Gasteiger partial charge is 0.328 e. The van der Waals surface area contributed by atoms with Crippen molar-refractivity contribution in [3.8, 4) is 6.01 Å². The van der Waals surface area contributed by atoms with Gasteiger partial charge >= 0.3 is 12.0 Å². The van der Waals surface area contributed by atoms with Gasteiger partial charge in [-0.15, -0.1) is 0 Å². The van der Waals surface area contributed by atoms with Crippen LogP contribution in [0.15, 0.2) is 0 Å². The molecule has 0 spiro atoms. The fourth-order valence-electron chi connectivity index (χ4n) is 1.26. The molecule has 0 aromatic carbocycles. The Morgan fingerprint density at radius 2 is 2.00 bits per heavy atom. The molecule has 1 aromatic heterocycles. The first kappa shape index (κ1) is 15.9. The SMILES string of the molecule is CCCOc1nc(NN)nc(NC(C)C(=O)OCC)n1. The molecule has 20 heavy (non-hydrogen) atoms. The third-order valence-electron chi connectivity index (χ3n) is 2.17. The molecule has 1 atom stereocenters. The highest BCUT2D eigenvalue weighted by atomic mass is 16.5. The Bertz CT molecular complexity index is 442. The number of hydrogen-bond acceptors (Lipinski definition) is 9. The predicted octanol–water partition coefficient (Wildman–Crippen LogP) is 0.309. The molecular formula is C11H20N6O3. The first-order valence-electron chi connectivity index (χ1n) is 6.39. The Morgan fingerprint density at radius 1 is 1.30 bits per heavy atom. The summed E-state index contributed by atoms with van der Waals surface area (Å²) >= 11 is 0. The minimum Gasteiger partial charge on any atom is -0.464 e. The molecule has 1 heterocycles. The molecule has 0 fully saturated rings. The number of nitrogens with two attached hydrogens (primary N) is 1. The van der Waals surface area contributed by atoms with Gasteiger partial charge in [-0.05, 0) is 20.3 Å². The van der Waals surface area contributed by atoms with Gasteiger partial charge in [-0.3, -0.25) is 5.43 Å². The second kappa shape index (κ2) is 8.10. The van der Waals surface area contributed by atoms with Crippen molar-refractivity contribution in [2.24, 2.45) is 5.84 Å². The molecule has 0 aliphatic carbocycles. The van der Waals surface area contributed by atoms with Crippen LogP contribution in [0.5, 0.6) is 6.01 Å². The molecule has 9 heteroatoms. The Hall–Kier alpha value is -2.16. The highest BCUT2D eigenvalue weighted by Crippen LogP contribution is 2.11. The van der Waals surface area contributed by atoms with Gasteiger partial charge in [-0.2, -0.15) is 15.0 Å². The van der Waals surface area contributed by atoms with E-state index in [9.17, 15) is 4.79 Å². The number of ether oxygens (including phenoxy) is 2. The van der Waals surface area contributed by atoms with Crippen LogP contribution in [0.1, 0.15) is 27.2 Å². The van der Waals surface area contributed by atoms with E-state index < -0.39 is 12.0 Å². The lowest BCUT2D eigenvalue weighted by Gasteiger charge is -2.13. The third kappa shape index (κ3) is 4.84. The van der Waals surface area contributed by atoms with Crippen molar-refractivity contribution >= 4 is 17.9 Å². The van der Waals surface area contributed by atoms with Crippen LogP contribution < -0.4 is 21.3 Å². The van der Waals surface area contributed by atoms with Gasteiger partial charge in [-0.25, -0.2) is 10.6 Å². The third-order valence-corrected chi connectivity index (χ3v) is 2.17. The molecule has 0 radical (unpaired) electrons. The lowest BCUT2D eigenvalue weighted by atomic mass is 10.3. The number of hydrogen-bond donors (Lipinski definition) is 3. The van der Waals surface area contributed by atoms with Gasteiger partial charge in [0.05, 0.1) is 13.2 Å². The molecule has 0 amide bonds. The van der Waals surface area contributed by atoms with Crippen LogP contribution in [0, 0.1) is 0 Å². The first-order valence-corrected chi connectivity index (χ1v) is 6.39. The van der Waals surface area contributed by atoms with E-state index >= 15 is 0 Å². The van der Waals surface area contributed by atoms with E-state index in [1.165, 1.54) is 0 Å². The fourth-order valence-corrected chi connectivity index (χ4v) is 1.26. The van der Waals surface area contributed by atoms with E-state index in [4.69, 9.17) is 15.3 Å². The molecule has 1 rings (SSSR count). The average Bonchev–Trinajstić information content (AvgIpc) is 2.45. The second-order valence-electron chi connectivity index (χ2n) is 3.88. The van der Waals surface area contributed by atoms with Crippen LogP contribution in [-0.4, -0.2) is 40.2 Å². The number of carbonyl (C=O) groups is 1. The molecule has 112 valence electrons. The van der Waals surface area contributed by atoms with Crippen molar-refractivity contribution in [3.05, 3.63) is 0 Å². The Balaban J connectivity index is 2.79. The van der Waals surface area contributed by atoms with E-state index in [-0.39, 0.29) is 17.9 Å². The lowest BCUT2D eigenvalue weighted by molar-refractivity contribution is -0.143. The topological polar surface area (TPSA) is 124 Å². The van der Waals surface area contributed by atoms with Crippen LogP contribution in [0.25, 0.3) is 0 Å². The maximum absolute atomic E-state index is 11.5. The van der Waals surface area contributed by atoms with Crippen molar-refractivity contribution in [1.82, 2.24) is 15.0 Å². The van der Waals surface area contributed by atoms with Crippen molar-refractivity contribution in [3.63, 3.8) is 0 Å². The number of nitrogen functional groups attached to an aromatic ring is 1. The second-order valence-corrected chi connectivity index (χ2v) is 3.88. The van der Waals surface area contributed by atoms with Crippen molar-refractivity contribution in [2.45, 2.75) is 33.2 Å². The highest BCUT2D eigenvalue weighted by Gasteiger charge is 2.16. The molecule has 9 nitrogen and oxygen atoms in total. The van der Waals surface area contributed by atoms with Gasteiger partial charge in [0, 0.05) is 0 Å². The molecule has 0 bridgehead atoms. The van der Waals surface area contributed by atoms with Crippen molar-refractivity contribution in [2.75, 3.05) is 24.0 Å². The number of hydrazine groups is 1. The molecular weight excluding hydrogens is 264 g/mol. The van der Waals surface area contributed by atoms with Gasteiger partial charge in [0.2, 0.25) is 11.9 Å². The van der Waals surface area contributed by atoms with Crippen LogP contribution in [0.3, 0.4) is 0 Å². The van der Waals surface area contributed by atoms with E-state index in [0.29, 0.717) is 13.2 Å². The van der Waals surface area contributed by atoms with Crippen LogP contribution in [-0.2, 0) is 9.53 Å². The number of carbonyl (C=O) groups excluding carboxylic acids is 1. The summed E-state index contributed by atoms with van der Waals surface area (Å²) in [7, 11) is 0. The minimum atomic E-state index is -0.595. The van der Waals surface area contributed by atoms with Crippen LogP contribution in [0.2, 0.25) is 0 Å². The fraction of sp³-hybridized carbons (Fsp3) is 0.636. The standard InChI is InChI=1S/C11H20N6O3/c1-4-6-20-11-15-9(14-10(16-11)17-12)13-7(3)8(18)19-5-2/h7H,4-6,12H2,1-3H3,(H2,13,14,15,16,17). The largest absolute Gasteiger partial charge is 0.464 e. The Morgan fingerprint density at radius 3 is 2.60 bits per heavy atom. The monoisotopic (exact) mass is 284 g/mol. The minimum absolute atomic E-state index is 0.133. The summed E-state index contributed by atoms with van der Waals surface area (Å²) in [6.45, 7) is 6.12. The van der Waals surface area contributed by atoms with Gasteiger partial charge < -0.3 is 14.8 Å². The van der Waals surface area contributed by atoms with Gasteiger partial charge in [-0.1, -0.05) is 6.92 Å². The van der Waals surface area contributed by atoms with Crippen LogP contribution in [0.4, 0.5) is 11.9 Å². The predicted molar refractivity (Wildman–Crippen MR) is 73.1 cm³/mol. The summed E-state index contributed by atoms with van der Waals surface area (Å²) in [6, 6.07) is -0.463. The number of rotatable bonds is 8. The summed E-state index contributed by atoms with van der Waals surface area (Å²) in [6.07, 6.45) is 0.819. The average molecular weight is 284 g/mol. The molecule has 1 aromatic rings.